The normalized spacial score (nSPS) is 14.3. The maximum absolute atomic E-state index is 9.49. The van der Waals surface area contributed by atoms with E-state index in [1.807, 2.05) is 19.1 Å². The molecule has 6 heteroatoms. The number of anilines is 1. The number of aryl methyl sites for hydroxylation is 1. The zero-order valence-corrected chi connectivity index (χ0v) is 15.8. The molecule has 1 aromatic heterocycles. The predicted octanol–water partition coefficient (Wildman–Crippen LogP) is 3.56. The highest BCUT2D eigenvalue weighted by Crippen LogP contribution is 2.33. The van der Waals surface area contributed by atoms with Crippen molar-refractivity contribution in [2.24, 2.45) is 0 Å². The number of benzene rings is 1. The van der Waals surface area contributed by atoms with Gasteiger partial charge in [-0.3, -0.25) is 0 Å². The topological polar surface area (TPSA) is 58.5 Å². The summed E-state index contributed by atoms with van der Waals surface area (Å²) in [5.41, 5.74) is 3.18. The number of hydrogen-bond acceptors (Lipinski definition) is 5. The molecule has 0 aliphatic carbocycles. The lowest BCUT2D eigenvalue weighted by molar-refractivity contribution is 0.270. The molecular weight excluding hydrogens is 370 g/mol. The maximum atomic E-state index is 9.49. The van der Waals surface area contributed by atoms with E-state index >= 15 is 0 Å². The van der Waals surface area contributed by atoms with Gasteiger partial charge in [0.05, 0.1) is 6.54 Å². The van der Waals surface area contributed by atoms with Gasteiger partial charge in [0, 0.05) is 27.8 Å². The van der Waals surface area contributed by atoms with Crippen LogP contribution in [0.5, 0.6) is 5.75 Å². The quantitative estimate of drug-likeness (QED) is 0.866. The molecule has 1 aliphatic rings. The average molecular weight is 392 g/mol. The first-order valence-corrected chi connectivity index (χ1v) is 8.93. The molecule has 0 fully saturated rings. The van der Waals surface area contributed by atoms with E-state index in [-0.39, 0.29) is 6.61 Å². The van der Waals surface area contributed by atoms with E-state index in [2.05, 4.69) is 50.7 Å². The monoisotopic (exact) mass is 391 g/mol. The molecular formula is C18H22BrN3O2. The molecule has 0 radical (unpaired) electrons. The van der Waals surface area contributed by atoms with Crippen LogP contribution in [0.3, 0.4) is 0 Å². The minimum Gasteiger partial charge on any atom is -0.491 e. The molecule has 1 aliphatic heterocycles. The van der Waals surface area contributed by atoms with E-state index in [1.165, 1.54) is 0 Å². The van der Waals surface area contributed by atoms with Crippen molar-refractivity contribution in [3.05, 3.63) is 45.3 Å². The highest BCUT2D eigenvalue weighted by atomic mass is 79.9. The van der Waals surface area contributed by atoms with E-state index in [0.717, 1.165) is 46.0 Å². The van der Waals surface area contributed by atoms with Crippen LogP contribution in [-0.4, -0.2) is 28.2 Å². The number of aliphatic hydroxyl groups is 1. The van der Waals surface area contributed by atoms with Gasteiger partial charge in [0.15, 0.2) is 5.82 Å². The van der Waals surface area contributed by atoms with Crippen LogP contribution < -0.4 is 9.64 Å². The Kier molecular flexibility index (Phi) is 5.06. The van der Waals surface area contributed by atoms with Crippen LogP contribution in [0, 0.1) is 6.92 Å². The second-order valence-electron chi connectivity index (χ2n) is 6.30. The van der Waals surface area contributed by atoms with Crippen LogP contribution in [-0.2, 0) is 13.2 Å². The number of aromatic nitrogens is 2. The lowest BCUT2D eigenvalue weighted by Gasteiger charge is -2.26. The summed E-state index contributed by atoms with van der Waals surface area (Å²) in [7, 11) is 0. The Balaban J connectivity index is 2.06. The molecule has 0 saturated heterocycles. The van der Waals surface area contributed by atoms with Crippen molar-refractivity contribution in [2.45, 2.75) is 39.8 Å². The van der Waals surface area contributed by atoms with Crippen molar-refractivity contribution >= 4 is 21.7 Å². The fourth-order valence-electron chi connectivity index (χ4n) is 3.15. The van der Waals surface area contributed by atoms with Crippen LogP contribution in [0.15, 0.2) is 22.7 Å². The molecule has 0 atom stereocenters. The molecule has 128 valence electrons. The highest BCUT2D eigenvalue weighted by molar-refractivity contribution is 9.10. The number of hydrogen-bond donors (Lipinski definition) is 1. The standard InChI is InChI=1S/C18H22BrN3O2/c1-11(2)17-12(3)20-16(10-23)21-18(17)22-6-7-24-15-5-4-14(19)8-13(15)9-22/h4-5,8,11,23H,6-7,9-10H2,1-3H3. The third-order valence-corrected chi connectivity index (χ3v) is 4.68. The SMILES string of the molecule is Cc1nc(CO)nc(N2CCOc3ccc(Br)cc3C2)c1C(C)C. The van der Waals surface area contributed by atoms with Crippen LogP contribution in [0.1, 0.15) is 42.4 Å². The second-order valence-corrected chi connectivity index (χ2v) is 7.21. The molecule has 2 aromatic rings. The molecule has 5 nitrogen and oxygen atoms in total. The Morgan fingerprint density at radius 1 is 1.33 bits per heavy atom. The van der Waals surface area contributed by atoms with Crippen LogP contribution in [0.25, 0.3) is 0 Å². The average Bonchev–Trinajstić information content (AvgIpc) is 2.75. The number of fused-ring (bicyclic) bond motifs is 1. The maximum Gasteiger partial charge on any atom is 0.156 e. The van der Waals surface area contributed by atoms with Gasteiger partial charge < -0.3 is 14.7 Å². The first-order valence-electron chi connectivity index (χ1n) is 8.14. The summed E-state index contributed by atoms with van der Waals surface area (Å²) in [6.07, 6.45) is 0. The summed E-state index contributed by atoms with van der Waals surface area (Å²) < 4.78 is 6.92. The van der Waals surface area contributed by atoms with Crippen LogP contribution in [0.4, 0.5) is 5.82 Å². The molecule has 0 amide bonds. The van der Waals surface area contributed by atoms with Crippen molar-refractivity contribution in [2.75, 3.05) is 18.1 Å². The Morgan fingerprint density at radius 3 is 2.83 bits per heavy atom. The Hall–Kier alpha value is -1.66. The molecule has 2 heterocycles. The number of nitrogens with zero attached hydrogens (tertiary/aromatic N) is 3. The third-order valence-electron chi connectivity index (χ3n) is 4.18. The van der Waals surface area contributed by atoms with Crippen molar-refractivity contribution in [3.8, 4) is 5.75 Å². The van der Waals surface area contributed by atoms with Crippen molar-refractivity contribution in [1.82, 2.24) is 9.97 Å². The van der Waals surface area contributed by atoms with E-state index in [0.29, 0.717) is 18.3 Å². The van der Waals surface area contributed by atoms with Gasteiger partial charge in [-0.05, 0) is 31.0 Å². The minimum atomic E-state index is -0.154. The number of rotatable bonds is 3. The molecule has 24 heavy (non-hydrogen) atoms. The molecule has 0 saturated carbocycles. The largest absolute Gasteiger partial charge is 0.491 e. The molecule has 0 unspecified atom stereocenters. The lowest BCUT2D eigenvalue weighted by atomic mass is 10.0. The number of ether oxygens (including phenoxy) is 1. The third kappa shape index (κ3) is 3.39. The molecule has 1 N–H and O–H groups in total. The van der Waals surface area contributed by atoms with Crippen molar-refractivity contribution in [3.63, 3.8) is 0 Å². The summed E-state index contributed by atoms with van der Waals surface area (Å²) >= 11 is 3.53. The predicted molar refractivity (Wildman–Crippen MR) is 97.5 cm³/mol. The second kappa shape index (κ2) is 7.07. The summed E-state index contributed by atoms with van der Waals surface area (Å²) in [4.78, 5) is 11.3. The first kappa shape index (κ1) is 17.2. The zero-order chi connectivity index (χ0) is 17.3. The summed E-state index contributed by atoms with van der Waals surface area (Å²) in [5, 5.41) is 9.49. The van der Waals surface area contributed by atoms with Gasteiger partial charge in [0.2, 0.25) is 0 Å². The van der Waals surface area contributed by atoms with Gasteiger partial charge in [0.25, 0.3) is 0 Å². The molecule has 0 spiro atoms. The molecule has 0 bridgehead atoms. The Bertz CT molecular complexity index is 749. The van der Waals surface area contributed by atoms with E-state index in [4.69, 9.17) is 4.74 Å². The molecule has 1 aromatic carbocycles. The number of aliphatic hydroxyl groups excluding tert-OH is 1. The van der Waals surface area contributed by atoms with Gasteiger partial charge >= 0.3 is 0 Å². The summed E-state index contributed by atoms with van der Waals surface area (Å²) in [6, 6.07) is 6.08. The van der Waals surface area contributed by atoms with Crippen molar-refractivity contribution < 1.29 is 9.84 Å². The van der Waals surface area contributed by atoms with Crippen LogP contribution in [0.2, 0.25) is 0 Å². The number of halogens is 1. The summed E-state index contributed by atoms with van der Waals surface area (Å²) in [5.74, 6) is 2.59. The minimum absolute atomic E-state index is 0.154. The van der Waals surface area contributed by atoms with Gasteiger partial charge in [-0.25, -0.2) is 9.97 Å². The van der Waals surface area contributed by atoms with E-state index in [1.54, 1.807) is 0 Å². The lowest BCUT2D eigenvalue weighted by Crippen LogP contribution is -2.28. The fourth-order valence-corrected chi connectivity index (χ4v) is 3.56. The van der Waals surface area contributed by atoms with Crippen LogP contribution >= 0.6 is 15.9 Å². The van der Waals surface area contributed by atoms with Gasteiger partial charge in [-0.2, -0.15) is 0 Å². The zero-order valence-electron chi connectivity index (χ0n) is 14.2. The summed E-state index contributed by atoms with van der Waals surface area (Å²) in [6.45, 7) is 8.18. The van der Waals surface area contributed by atoms with E-state index < -0.39 is 0 Å². The fraction of sp³-hybridized carbons (Fsp3) is 0.444. The van der Waals surface area contributed by atoms with E-state index in [9.17, 15) is 5.11 Å². The highest BCUT2D eigenvalue weighted by Gasteiger charge is 2.23. The van der Waals surface area contributed by atoms with Gasteiger partial charge in [-0.1, -0.05) is 29.8 Å². The first-order chi connectivity index (χ1) is 11.5. The Morgan fingerprint density at radius 2 is 2.12 bits per heavy atom. The van der Waals surface area contributed by atoms with Crippen molar-refractivity contribution in [1.29, 1.82) is 0 Å². The van der Waals surface area contributed by atoms with Gasteiger partial charge in [-0.15, -0.1) is 0 Å². The smallest absolute Gasteiger partial charge is 0.156 e. The molecule has 3 rings (SSSR count). The Labute approximate surface area is 150 Å². The van der Waals surface area contributed by atoms with Gasteiger partial charge in [0.1, 0.15) is 24.8 Å².